The lowest BCUT2D eigenvalue weighted by Crippen LogP contribution is -2.08. The molecule has 0 atom stereocenters. The zero-order valence-corrected chi connectivity index (χ0v) is 12.0. The van der Waals surface area contributed by atoms with Gasteiger partial charge in [0.05, 0.1) is 16.3 Å². The van der Waals surface area contributed by atoms with Gasteiger partial charge < -0.3 is 10.2 Å². The van der Waals surface area contributed by atoms with Crippen molar-refractivity contribution in [1.82, 2.24) is 4.07 Å². The van der Waals surface area contributed by atoms with Crippen molar-refractivity contribution in [1.29, 1.82) is 0 Å². The number of hydrogen-bond acceptors (Lipinski definition) is 5. The summed E-state index contributed by atoms with van der Waals surface area (Å²) in [5.74, 6) is -0.417. The van der Waals surface area contributed by atoms with Crippen molar-refractivity contribution in [2.45, 2.75) is 6.92 Å². The molecule has 21 heavy (non-hydrogen) atoms. The molecule has 0 aliphatic carbocycles. The smallest absolute Gasteiger partial charge is 0.289 e. The fourth-order valence-corrected chi connectivity index (χ4v) is 2.78. The van der Waals surface area contributed by atoms with Crippen molar-refractivity contribution in [3.05, 3.63) is 57.9 Å². The maximum atomic E-state index is 12.2. The lowest BCUT2D eigenvalue weighted by molar-refractivity contribution is 0.403. The van der Waals surface area contributed by atoms with E-state index in [0.717, 1.165) is 10.3 Å². The Hall–Kier alpha value is -2.60. The number of aromatic hydroxyl groups is 2. The number of hydrogen-bond donors (Lipinski definition) is 2. The van der Waals surface area contributed by atoms with E-state index in [2.05, 4.69) is 5.10 Å². The van der Waals surface area contributed by atoms with E-state index in [1.165, 1.54) is 33.9 Å². The minimum atomic E-state index is -0.224. The molecule has 5 nitrogen and oxygen atoms in total. The molecule has 0 fully saturated rings. The van der Waals surface area contributed by atoms with Gasteiger partial charge in [-0.3, -0.25) is 4.79 Å². The molecular formula is C15H12N2O3S. The molecule has 1 aromatic heterocycles. The first-order chi connectivity index (χ1) is 10.0. The van der Waals surface area contributed by atoms with E-state index in [4.69, 9.17) is 0 Å². The van der Waals surface area contributed by atoms with Gasteiger partial charge >= 0.3 is 0 Å². The number of aryl methyl sites for hydroxylation is 1. The van der Waals surface area contributed by atoms with Crippen molar-refractivity contribution in [3.63, 3.8) is 0 Å². The van der Waals surface area contributed by atoms with E-state index in [1.54, 1.807) is 6.07 Å². The second-order valence-corrected chi connectivity index (χ2v) is 5.63. The SMILES string of the molecule is Cc1ccc2sn(/N=C/c3ccc(O)c(O)c3)c(=O)c2c1. The topological polar surface area (TPSA) is 74.8 Å². The molecule has 0 aliphatic heterocycles. The van der Waals surface area contributed by atoms with Gasteiger partial charge in [0.1, 0.15) is 0 Å². The average Bonchev–Trinajstić information content (AvgIpc) is 2.77. The van der Waals surface area contributed by atoms with Gasteiger partial charge in [-0.25, -0.2) is 0 Å². The molecule has 1 heterocycles. The van der Waals surface area contributed by atoms with Crippen molar-refractivity contribution in [2.75, 3.05) is 0 Å². The highest BCUT2D eigenvalue weighted by molar-refractivity contribution is 7.13. The Morgan fingerprint density at radius 3 is 2.71 bits per heavy atom. The molecule has 3 rings (SSSR count). The number of aromatic nitrogens is 1. The Bertz CT molecular complexity index is 909. The predicted molar refractivity (Wildman–Crippen MR) is 83.6 cm³/mol. The molecule has 0 bridgehead atoms. The zero-order chi connectivity index (χ0) is 15.0. The van der Waals surface area contributed by atoms with Crippen LogP contribution in [0, 0.1) is 6.92 Å². The van der Waals surface area contributed by atoms with Crippen molar-refractivity contribution >= 4 is 27.8 Å². The van der Waals surface area contributed by atoms with E-state index in [9.17, 15) is 15.0 Å². The molecule has 0 spiro atoms. The van der Waals surface area contributed by atoms with E-state index in [-0.39, 0.29) is 17.1 Å². The second kappa shape index (κ2) is 5.06. The molecule has 2 N–H and O–H groups in total. The van der Waals surface area contributed by atoms with Gasteiger partial charge in [0, 0.05) is 0 Å². The van der Waals surface area contributed by atoms with Crippen molar-refractivity contribution < 1.29 is 10.2 Å². The van der Waals surface area contributed by atoms with Crippen LogP contribution in [0.5, 0.6) is 11.5 Å². The summed E-state index contributed by atoms with van der Waals surface area (Å²) in [4.78, 5) is 12.2. The third-order valence-corrected chi connectivity index (χ3v) is 4.02. The maximum Gasteiger partial charge on any atom is 0.289 e. The summed E-state index contributed by atoms with van der Waals surface area (Å²) in [7, 11) is 0. The Kier molecular flexibility index (Phi) is 3.23. The summed E-state index contributed by atoms with van der Waals surface area (Å²) in [5, 5.41) is 23.4. The number of fused-ring (bicyclic) bond motifs is 1. The molecule has 6 heteroatoms. The molecule has 0 amide bonds. The molecule has 0 saturated heterocycles. The second-order valence-electron chi connectivity index (χ2n) is 4.66. The first kappa shape index (κ1) is 13.4. The maximum absolute atomic E-state index is 12.2. The predicted octanol–water partition coefficient (Wildman–Crippen LogP) is 2.66. The van der Waals surface area contributed by atoms with Crippen LogP contribution in [-0.4, -0.2) is 20.5 Å². The molecular weight excluding hydrogens is 288 g/mol. The van der Waals surface area contributed by atoms with Crippen LogP contribution in [0.2, 0.25) is 0 Å². The molecule has 2 aromatic carbocycles. The van der Waals surface area contributed by atoms with E-state index in [0.29, 0.717) is 10.9 Å². The van der Waals surface area contributed by atoms with Gasteiger partial charge in [-0.1, -0.05) is 11.6 Å². The minimum absolute atomic E-state index is 0.169. The molecule has 0 radical (unpaired) electrons. The van der Waals surface area contributed by atoms with Crippen LogP contribution >= 0.6 is 11.5 Å². The van der Waals surface area contributed by atoms with Crippen LogP contribution < -0.4 is 5.56 Å². The van der Waals surface area contributed by atoms with E-state index in [1.807, 2.05) is 25.1 Å². The van der Waals surface area contributed by atoms with Gasteiger partial charge in [0.15, 0.2) is 11.5 Å². The standard InChI is InChI=1S/C15H12N2O3S/c1-9-2-5-14-11(6-9)15(20)17(21-14)16-8-10-3-4-12(18)13(19)7-10/h2-8,18-19H,1H3/b16-8+. The molecule has 3 aromatic rings. The summed E-state index contributed by atoms with van der Waals surface area (Å²) in [6.07, 6.45) is 1.46. The van der Waals surface area contributed by atoms with Gasteiger partial charge in [0.2, 0.25) is 0 Å². The third-order valence-electron chi connectivity index (χ3n) is 3.04. The van der Waals surface area contributed by atoms with Crippen LogP contribution in [0.4, 0.5) is 0 Å². The Labute approximate surface area is 124 Å². The summed E-state index contributed by atoms with van der Waals surface area (Å²) in [6, 6.07) is 10.0. The number of benzene rings is 2. The van der Waals surface area contributed by atoms with Crippen LogP contribution in [0.1, 0.15) is 11.1 Å². The van der Waals surface area contributed by atoms with Crippen LogP contribution in [0.25, 0.3) is 10.1 Å². The van der Waals surface area contributed by atoms with E-state index >= 15 is 0 Å². The van der Waals surface area contributed by atoms with Gasteiger partial charge in [-0.15, -0.1) is 4.07 Å². The average molecular weight is 300 g/mol. The Balaban J connectivity index is 2.01. The summed E-state index contributed by atoms with van der Waals surface area (Å²) in [5.41, 5.74) is 1.45. The molecule has 0 aliphatic rings. The number of phenols is 2. The summed E-state index contributed by atoms with van der Waals surface area (Å²) >= 11 is 1.25. The summed E-state index contributed by atoms with van der Waals surface area (Å²) in [6.45, 7) is 1.93. The Morgan fingerprint density at radius 1 is 1.14 bits per heavy atom. The monoisotopic (exact) mass is 300 g/mol. The number of nitrogens with zero attached hydrogens (tertiary/aromatic N) is 2. The first-order valence-electron chi connectivity index (χ1n) is 6.23. The van der Waals surface area contributed by atoms with Crippen molar-refractivity contribution in [2.24, 2.45) is 5.10 Å². The van der Waals surface area contributed by atoms with Crippen LogP contribution in [0.15, 0.2) is 46.3 Å². The largest absolute Gasteiger partial charge is 0.504 e. The van der Waals surface area contributed by atoms with Crippen LogP contribution in [0.3, 0.4) is 0 Å². The minimum Gasteiger partial charge on any atom is -0.504 e. The van der Waals surface area contributed by atoms with Gasteiger partial charge in [0.25, 0.3) is 5.56 Å². The lowest BCUT2D eigenvalue weighted by atomic mass is 10.2. The molecule has 106 valence electrons. The fraction of sp³-hybridized carbons (Fsp3) is 0.0667. The highest BCUT2D eigenvalue weighted by Gasteiger charge is 2.06. The van der Waals surface area contributed by atoms with E-state index < -0.39 is 0 Å². The quantitative estimate of drug-likeness (QED) is 0.564. The van der Waals surface area contributed by atoms with Crippen molar-refractivity contribution in [3.8, 4) is 11.5 Å². The zero-order valence-electron chi connectivity index (χ0n) is 11.1. The highest BCUT2D eigenvalue weighted by Crippen LogP contribution is 2.24. The summed E-state index contributed by atoms with van der Waals surface area (Å²) < 4.78 is 2.17. The lowest BCUT2D eigenvalue weighted by Gasteiger charge is -1.97. The van der Waals surface area contributed by atoms with Crippen LogP contribution in [-0.2, 0) is 0 Å². The number of phenolic OH excluding ortho intramolecular Hbond substituents is 2. The van der Waals surface area contributed by atoms with Gasteiger partial charge in [-0.05, 0) is 54.4 Å². The first-order valence-corrected chi connectivity index (χ1v) is 7.01. The fourth-order valence-electron chi connectivity index (χ4n) is 1.94. The highest BCUT2D eigenvalue weighted by atomic mass is 32.1. The van der Waals surface area contributed by atoms with Gasteiger partial charge in [-0.2, -0.15) is 5.10 Å². The normalized spacial score (nSPS) is 11.5. The molecule has 0 saturated carbocycles. The number of rotatable bonds is 2. The third kappa shape index (κ3) is 2.53. The molecule has 0 unspecified atom stereocenters. The Morgan fingerprint density at radius 2 is 1.95 bits per heavy atom.